The predicted molar refractivity (Wildman–Crippen MR) is 136 cm³/mol. The molecule has 9 nitrogen and oxygen atoms in total. The summed E-state index contributed by atoms with van der Waals surface area (Å²) in [7, 11) is 1.59. The average Bonchev–Trinajstić information content (AvgIpc) is 3.24. The van der Waals surface area contributed by atoms with Crippen LogP contribution < -0.4 is 14.5 Å². The van der Waals surface area contributed by atoms with Crippen molar-refractivity contribution in [2.45, 2.75) is 38.7 Å². The summed E-state index contributed by atoms with van der Waals surface area (Å²) in [5.74, 6) is -1.28. The van der Waals surface area contributed by atoms with Gasteiger partial charge in [0.1, 0.15) is 11.4 Å². The summed E-state index contributed by atoms with van der Waals surface area (Å²) in [6.45, 7) is 6.98. The van der Waals surface area contributed by atoms with Crippen molar-refractivity contribution >= 4 is 29.5 Å². The molecule has 192 valence electrons. The smallest absolute Gasteiger partial charge is 0.410 e. The molecule has 4 rings (SSSR count). The summed E-state index contributed by atoms with van der Waals surface area (Å²) in [6, 6.07) is 14.6. The average molecular weight is 496 g/mol. The fourth-order valence-corrected chi connectivity index (χ4v) is 4.80. The number of carbonyl (C=O) groups excluding carboxylic acids is 2. The highest BCUT2D eigenvalue weighted by molar-refractivity contribution is 6.06. The molecule has 2 atom stereocenters. The van der Waals surface area contributed by atoms with Crippen LogP contribution in [0.25, 0.3) is 0 Å². The maximum atomic E-state index is 13.3. The van der Waals surface area contributed by atoms with E-state index in [0.717, 1.165) is 11.3 Å². The fraction of sp³-hybridized carbons (Fsp3) is 0.444. The number of piperidine rings is 1. The van der Waals surface area contributed by atoms with Crippen molar-refractivity contribution in [3.8, 4) is 5.75 Å². The monoisotopic (exact) mass is 495 g/mol. The zero-order valence-electron chi connectivity index (χ0n) is 21.1. The first-order valence-electron chi connectivity index (χ1n) is 12.1. The van der Waals surface area contributed by atoms with Crippen molar-refractivity contribution in [2.75, 3.05) is 43.1 Å². The lowest BCUT2D eigenvalue weighted by molar-refractivity contribution is -0.144. The number of hydrogen-bond acceptors (Lipinski definition) is 5. The molecule has 0 spiro atoms. The Balaban J connectivity index is 1.56. The van der Waals surface area contributed by atoms with E-state index in [1.807, 2.05) is 48.5 Å². The van der Waals surface area contributed by atoms with Crippen molar-refractivity contribution in [3.05, 3.63) is 54.1 Å². The van der Waals surface area contributed by atoms with Crippen molar-refractivity contribution in [1.82, 2.24) is 4.90 Å². The number of likely N-dealkylation sites (tertiary alicyclic amines) is 1. The van der Waals surface area contributed by atoms with E-state index in [1.54, 1.807) is 42.6 Å². The highest BCUT2D eigenvalue weighted by Crippen LogP contribution is 2.36. The minimum Gasteiger partial charge on any atom is -0.497 e. The molecule has 2 aliphatic rings. The standard InChI is InChI=1S/C27H33N3O6/c1-27(2,3)36-26(34)28-12-11-22(24(31)32)23(17-28)18-7-5-8-19(15-18)29-13-14-30(25(29)33)20-9-6-10-21(16-20)35-4/h5-10,15-16,22-23H,11-14,17H2,1-4H3,(H,31,32). The third-order valence-electron chi connectivity index (χ3n) is 6.57. The van der Waals surface area contributed by atoms with Gasteiger partial charge in [-0.25, -0.2) is 9.59 Å². The number of anilines is 2. The molecule has 0 saturated carbocycles. The molecule has 0 bridgehead atoms. The molecule has 2 heterocycles. The van der Waals surface area contributed by atoms with Crippen molar-refractivity contribution in [3.63, 3.8) is 0 Å². The molecule has 2 aromatic rings. The van der Waals surface area contributed by atoms with Gasteiger partial charge >= 0.3 is 18.1 Å². The molecule has 2 aliphatic heterocycles. The summed E-state index contributed by atoms with van der Waals surface area (Å²) in [4.78, 5) is 43.0. The van der Waals surface area contributed by atoms with E-state index in [2.05, 4.69) is 0 Å². The first kappa shape index (κ1) is 25.3. The molecule has 36 heavy (non-hydrogen) atoms. The first-order chi connectivity index (χ1) is 17.1. The lowest BCUT2D eigenvalue weighted by atomic mass is 9.80. The van der Waals surface area contributed by atoms with Crippen LogP contribution in [0.3, 0.4) is 0 Å². The molecular formula is C27H33N3O6. The summed E-state index contributed by atoms with van der Waals surface area (Å²) >= 11 is 0. The van der Waals surface area contributed by atoms with Crippen LogP contribution in [0.15, 0.2) is 48.5 Å². The quantitative estimate of drug-likeness (QED) is 0.653. The van der Waals surface area contributed by atoms with Gasteiger partial charge in [-0.05, 0) is 57.0 Å². The lowest BCUT2D eigenvalue weighted by Crippen LogP contribution is -2.46. The van der Waals surface area contributed by atoms with Crippen molar-refractivity contribution in [2.24, 2.45) is 5.92 Å². The van der Waals surface area contributed by atoms with E-state index in [0.29, 0.717) is 37.5 Å². The largest absolute Gasteiger partial charge is 0.497 e. The normalized spacial score (nSPS) is 20.4. The highest BCUT2D eigenvalue weighted by atomic mass is 16.6. The molecule has 0 aliphatic carbocycles. The van der Waals surface area contributed by atoms with E-state index in [9.17, 15) is 19.5 Å². The molecule has 2 aromatic carbocycles. The Morgan fingerprint density at radius 1 is 0.972 bits per heavy atom. The molecule has 9 heteroatoms. The summed E-state index contributed by atoms with van der Waals surface area (Å²) < 4.78 is 10.8. The Kier molecular flexibility index (Phi) is 7.10. The highest BCUT2D eigenvalue weighted by Gasteiger charge is 2.39. The second kappa shape index (κ2) is 10.1. The number of nitrogens with zero attached hydrogens (tertiary/aromatic N) is 3. The number of urea groups is 1. The van der Waals surface area contributed by atoms with Gasteiger partial charge in [0.2, 0.25) is 0 Å². The van der Waals surface area contributed by atoms with E-state index in [-0.39, 0.29) is 12.6 Å². The molecular weight excluding hydrogens is 462 g/mol. The van der Waals surface area contributed by atoms with Crippen LogP contribution >= 0.6 is 0 Å². The number of rotatable bonds is 5. The van der Waals surface area contributed by atoms with Gasteiger partial charge in [-0.2, -0.15) is 0 Å². The molecule has 2 fully saturated rings. The molecule has 0 radical (unpaired) electrons. The number of benzene rings is 2. The van der Waals surface area contributed by atoms with E-state index >= 15 is 0 Å². The third-order valence-corrected chi connectivity index (χ3v) is 6.57. The maximum absolute atomic E-state index is 13.3. The number of carbonyl (C=O) groups is 3. The van der Waals surface area contributed by atoms with Gasteiger partial charge in [0, 0.05) is 49.5 Å². The van der Waals surface area contributed by atoms with Gasteiger partial charge in [0.25, 0.3) is 0 Å². The van der Waals surface area contributed by atoms with Gasteiger partial charge < -0.3 is 19.5 Å². The Bertz CT molecular complexity index is 1140. The third kappa shape index (κ3) is 5.40. The van der Waals surface area contributed by atoms with Gasteiger partial charge in [-0.1, -0.05) is 18.2 Å². The number of carboxylic acid groups (broad SMARTS) is 1. The second-order valence-electron chi connectivity index (χ2n) is 10.1. The Morgan fingerprint density at radius 2 is 1.61 bits per heavy atom. The first-order valence-corrected chi connectivity index (χ1v) is 12.1. The minimum absolute atomic E-state index is 0.158. The lowest BCUT2D eigenvalue weighted by Gasteiger charge is -2.37. The second-order valence-corrected chi connectivity index (χ2v) is 10.1. The van der Waals surface area contributed by atoms with Crippen LogP contribution in [0.1, 0.15) is 38.7 Å². The van der Waals surface area contributed by atoms with Crippen molar-refractivity contribution < 1.29 is 29.0 Å². The maximum Gasteiger partial charge on any atom is 0.410 e. The molecule has 3 amide bonds. The summed E-state index contributed by atoms with van der Waals surface area (Å²) in [5.41, 5.74) is 1.59. The van der Waals surface area contributed by atoms with Gasteiger partial charge in [0.05, 0.1) is 13.0 Å². The zero-order valence-corrected chi connectivity index (χ0v) is 21.1. The molecule has 2 unspecified atom stereocenters. The number of amides is 3. The predicted octanol–water partition coefficient (Wildman–Crippen LogP) is 4.57. The number of ether oxygens (including phenoxy) is 2. The van der Waals surface area contributed by atoms with Gasteiger partial charge in [0.15, 0.2) is 0 Å². The van der Waals surface area contributed by atoms with Crippen LogP contribution in [-0.4, -0.2) is 67.0 Å². The van der Waals surface area contributed by atoms with Gasteiger partial charge in [-0.15, -0.1) is 0 Å². The van der Waals surface area contributed by atoms with Crippen LogP contribution in [0.4, 0.5) is 21.0 Å². The number of aliphatic carboxylic acids is 1. The Hall–Kier alpha value is -3.75. The van der Waals surface area contributed by atoms with Crippen molar-refractivity contribution in [1.29, 1.82) is 0 Å². The summed E-state index contributed by atoms with van der Waals surface area (Å²) in [5, 5.41) is 9.89. The topological polar surface area (TPSA) is 99.6 Å². The number of carboxylic acids is 1. The number of hydrogen-bond donors (Lipinski definition) is 1. The zero-order chi connectivity index (χ0) is 26.0. The van der Waals surface area contributed by atoms with Crippen LogP contribution in [0.2, 0.25) is 0 Å². The van der Waals surface area contributed by atoms with Crippen LogP contribution in [0, 0.1) is 5.92 Å². The van der Waals surface area contributed by atoms with Gasteiger partial charge in [-0.3, -0.25) is 14.6 Å². The SMILES string of the molecule is COc1cccc(N2CCN(c3cccc(C4CN(C(=O)OC(C)(C)C)CCC4C(=O)O)c3)C2=O)c1. The molecule has 1 N–H and O–H groups in total. The van der Waals surface area contributed by atoms with Crippen LogP contribution in [0.5, 0.6) is 5.75 Å². The van der Waals surface area contributed by atoms with Crippen LogP contribution in [-0.2, 0) is 9.53 Å². The van der Waals surface area contributed by atoms with E-state index in [4.69, 9.17) is 9.47 Å². The Labute approximate surface area is 211 Å². The Morgan fingerprint density at radius 3 is 2.22 bits per heavy atom. The minimum atomic E-state index is -0.893. The molecule has 2 saturated heterocycles. The van der Waals surface area contributed by atoms with E-state index < -0.39 is 29.5 Å². The van der Waals surface area contributed by atoms with E-state index in [1.165, 1.54) is 0 Å². The number of methoxy groups -OCH3 is 1. The summed E-state index contributed by atoms with van der Waals surface area (Å²) in [6.07, 6.45) is -0.119. The fourth-order valence-electron chi connectivity index (χ4n) is 4.80. The molecule has 0 aromatic heterocycles.